The number of H-pyrrole nitrogens is 1. The molecule has 1 aromatic heterocycles. The molecule has 0 spiro atoms. The van der Waals surface area contributed by atoms with E-state index in [1.54, 1.807) is 24.3 Å². The zero-order valence-electron chi connectivity index (χ0n) is 13.6. The minimum absolute atomic E-state index is 0.0161. The van der Waals surface area contributed by atoms with Gasteiger partial charge in [-0.05, 0) is 48.6 Å². The Kier molecular flexibility index (Phi) is 4.94. The number of aromatic amines is 1. The average molecular weight is 371 g/mol. The fourth-order valence-corrected chi connectivity index (χ4v) is 2.60. The molecule has 3 aromatic rings. The smallest absolute Gasteiger partial charge is 0.264 e. The molecule has 6 nitrogen and oxygen atoms in total. The van der Waals surface area contributed by atoms with Crippen molar-refractivity contribution in [3.05, 3.63) is 75.0 Å². The van der Waals surface area contributed by atoms with Crippen molar-refractivity contribution in [3.8, 4) is 17.3 Å². The van der Waals surface area contributed by atoms with Crippen molar-refractivity contribution < 1.29 is 14.2 Å². The molecule has 8 heteroatoms. The summed E-state index contributed by atoms with van der Waals surface area (Å²) in [4.78, 5) is 18.8. The van der Waals surface area contributed by atoms with Crippen LogP contribution in [0.3, 0.4) is 0 Å². The molecule has 132 valence electrons. The Morgan fingerprint density at radius 2 is 2.00 bits per heavy atom. The van der Waals surface area contributed by atoms with Gasteiger partial charge in [-0.15, -0.1) is 0 Å². The normalized spacial score (nSPS) is 11.0. The Hall–Kier alpha value is -3.26. The maximum absolute atomic E-state index is 13.1. The molecule has 0 aliphatic heterocycles. The van der Waals surface area contributed by atoms with Gasteiger partial charge in [-0.1, -0.05) is 6.07 Å². The van der Waals surface area contributed by atoms with Crippen LogP contribution in [-0.4, -0.2) is 28.0 Å². The zero-order chi connectivity index (χ0) is 18.7. The average Bonchev–Trinajstić information content (AvgIpc) is 2.63. The monoisotopic (exact) mass is 371 g/mol. The molecule has 0 aliphatic carbocycles. The Balaban J connectivity index is 2.09. The highest BCUT2D eigenvalue weighted by atomic mass is 32.1. The van der Waals surface area contributed by atoms with Crippen LogP contribution in [0.15, 0.2) is 58.3 Å². The molecular weight excluding hydrogens is 357 g/mol. The highest BCUT2D eigenvalue weighted by molar-refractivity contribution is 7.71. The van der Waals surface area contributed by atoms with Gasteiger partial charge in [0, 0.05) is 12.3 Å². The first kappa shape index (κ1) is 17.6. The van der Waals surface area contributed by atoms with Crippen LogP contribution in [0.25, 0.3) is 5.69 Å². The lowest BCUT2D eigenvalue weighted by atomic mass is 10.2. The van der Waals surface area contributed by atoms with Gasteiger partial charge in [0.2, 0.25) is 5.88 Å². The number of aliphatic imine (C=N–C) groups is 1. The van der Waals surface area contributed by atoms with Crippen molar-refractivity contribution in [2.75, 3.05) is 7.11 Å². The van der Waals surface area contributed by atoms with E-state index in [-0.39, 0.29) is 10.3 Å². The molecule has 2 N–H and O–H groups in total. The maximum atomic E-state index is 13.1. The van der Waals surface area contributed by atoms with Crippen LogP contribution in [0.2, 0.25) is 0 Å². The van der Waals surface area contributed by atoms with Gasteiger partial charge in [-0.25, -0.2) is 4.39 Å². The molecule has 1 heterocycles. The first-order valence-corrected chi connectivity index (χ1v) is 7.93. The Bertz CT molecular complexity index is 1090. The minimum atomic E-state index is -0.586. The van der Waals surface area contributed by atoms with Gasteiger partial charge in [0.1, 0.15) is 17.1 Å². The Labute approximate surface area is 152 Å². The number of ether oxygens (including phenoxy) is 1. The summed E-state index contributed by atoms with van der Waals surface area (Å²) in [5, 5.41) is 10.5. The number of aromatic hydroxyl groups is 1. The van der Waals surface area contributed by atoms with Crippen LogP contribution in [0.5, 0.6) is 11.6 Å². The number of methoxy groups -OCH3 is 1. The van der Waals surface area contributed by atoms with Crippen molar-refractivity contribution in [3.63, 3.8) is 0 Å². The number of benzene rings is 2. The van der Waals surface area contributed by atoms with Gasteiger partial charge >= 0.3 is 0 Å². The summed E-state index contributed by atoms with van der Waals surface area (Å²) < 4.78 is 19.5. The molecule has 0 bridgehead atoms. The molecule has 26 heavy (non-hydrogen) atoms. The quantitative estimate of drug-likeness (QED) is 0.543. The summed E-state index contributed by atoms with van der Waals surface area (Å²) in [5.41, 5.74) is 0.281. The Morgan fingerprint density at radius 1 is 1.27 bits per heavy atom. The van der Waals surface area contributed by atoms with E-state index >= 15 is 0 Å². The molecule has 3 rings (SSSR count). The van der Waals surface area contributed by atoms with Crippen LogP contribution in [0.1, 0.15) is 5.56 Å². The van der Waals surface area contributed by atoms with E-state index in [0.717, 1.165) is 0 Å². The maximum Gasteiger partial charge on any atom is 0.264 e. The third kappa shape index (κ3) is 3.55. The number of hydrogen-bond donors (Lipinski definition) is 2. The highest BCUT2D eigenvalue weighted by Crippen LogP contribution is 2.22. The number of rotatable bonds is 4. The predicted molar refractivity (Wildman–Crippen MR) is 99.1 cm³/mol. The number of aromatic nitrogens is 2. The van der Waals surface area contributed by atoms with E-state index in [9.17, 15) is 14.3 Å². The third-order valence-corrected chi connectivity index (χ3v) is 3.89. The lowest BCUT2D eigenvalue weighted by Gasteiger charge is -2.11. The molecule has 0 unspecified atom stereocenters. The topological polar surface area (TPSA) is 79.6 Å². The van der Waals surface area contributed by atoms with Crippen molar-refractivity contribution in [1.82, 2.24) is 9.55 Å². The lowest BCUT2D eigenvalue weighted by Crippen LogP contribution is -2.18. The second-order valence-corrected chi connectivity index (χ2v) is 5.65. The van der Waals surface area contributed by atoms with Crippen LogP contribution in [0, 0.1) is 10.6 Å². The molecule has 0 saturated heterocycles. The Morgan fingerprint density at radius 3 is 2.69 bits per heavy atom. The molecule has 0 atom stereocenters. The lowest BCUT2D eigenvalue weighted by molar-refractivity contribution is 0.415. The molecule has 0 radical (unpaired) electrons. The van der Waals surface area contributed by atoms with Crippen molar-refractivity contribution in [1.29, 1.82) is 0 Å². The molecular formula is C18H14FN3O3S. The van der Waals surface area contributed by atoms with Crippen LogP contribution in [-0.2, 0) is 0 Å². The van der Waals surface area contributed by atoms with Gasteiger partial charge in [-0.3, -0.25) is 19.3 Å². The van der Waals surface area contributed by atoms with E-state index in [0.29, 0.717) is 17.1 Å². The second-order valence-electron chi connectivity index (χ2n) is 5.27. The van der Waals surface area contributed by atoms with Gasteiger partial charge in [0.25, 0.3) is 5.56 Å². The zero-order valence-corrected chi connectivity index (χ0v) is 14.5. The van der Waals surface area contributed by atoms with Crippen molar-refractivity contribution >= 4 is 24.1 Å². The standard InChI is InChI=1S/C18H14FN3O3S/c1-25-14-4-2-3-12(9-14)20-10-15-16(23)21-18(26)22(17(15)24)13-7-5-11(19)6-8-13/h2-10,24H,1H3,(H,21,23,26). The van der Waals surface area contributed by atoms with E-state index in [4.69, 9.17) is 17.0 Å². The number of hydrogen-bond acceptors (Lipinski definition) is 5. The summed E-state index contributed by atoms with van der Waals surface area (Å²) in [5.74, 6) is -0.207. The third-order valence-electron chi connectivity index (χ3n) is 3.60. The van der Waals surface area contributed by atoms with E-state index in [2.05, 4.69) is 9.98 Å². The highest BCUT2D eigenvalue weighted by Gasteiger charge is 2.12. The SMILES string of the molecule is COc1cccc(N=Cc2c(O)n(-c3ccc(F)cc3)c(=S)[nH]c2=O)c1. The van der Waals surface area contributed by atoms with Gasteiger partial charge in [0.05, 0.1) is 18.5 Å². The van der Waals surface area contributed by atoms with Gasteiger partial charge in [-0.2, -0.15) is 0 Å². The number of halogens is 1. The predicted octanol–water partition coefficient (Wildman–Crippen LogP) is 3.50. The van der Waals surface area contributed by atoms with E-state index < -0.39 is 17.3 Å². The van der Waals surface area contributed by atoms with Crippen molar-refractivity contribution in [2.24, 2.45) is 4.99 Å². The largest absolute Gasteiger partial charge is 0.497 e. The minimum Gasteiger partial charge on any atom is -0.497 e. The first-order chi connectivity index (χ1) is 12.5. The second kappa shape index (κ2) is 7.32. The molecule has 0 amide bonds. The molecule has 0 aliphatic rings. The van der Waals surface area contributed by atoms with Gasteiger partial charge < -0.3 is 9.84 Å². The number of nitrogens with zero attached hydrogens (tertiary/aromatic N) is 2. The summed E-state index contributed by atoms with van der Waals surface area (Å²) in [6.45, 7) is 0. The summed E-state index contributed by atoms with van der Waals surface area (Å²) in [6, 6.07) is 12.2. The van der Waals surface area contributed by atoms with Crippen LogP contribution in [0.4, 0.5) is 10.1 Å². The summed E-state index contributed by atoms with van der Waals surface area (Å²) >= 11 is 5.10. The van der Waals surface area contributed by atoms with Crippen molar-refractivity contribution in [2.45, 2.75) is 0 Å². The molecule has 0 fully saturated rings. The fraction of sp³-hybridized carbons (Fsp3) is 0.0556. The summed E-state index contributed by atoms with van der Waals surface area (Å²) in [6.07, 6.45) is 1.23. The van der Waals surface area contributed by atoms with Crippen LogP contribution < -0.4 is 10.3 Å². The van der Waals surface area contributed by atoms with Gasteiger partial charge in [0.15, 0.2) is 4.77 Å². The summed E-state index contributed by atoms with van der Waals surface area (Å²) in [7, 11) is 1.54. The van der Waals surface area contributed by atoms with E-state index in [1.807, 2.05) is 0 Å². The first-order valence-electron chi connectivity index (χ1n) is 7.52. The molecule has 2 aromatic carbocycles. The van der Waals surface area contributed by atoms with E-state index in [1.165, 1.54) is 42.2 Å². The van der Waals surface area contributed by atoms with Crippen LogP contribution >= 0.6 is 12.2 Å². The fourth-order valence-electron chi connectivity index (χ4n) is 2.31. The number of nitrogens with one attached hydrogen (secondary N) is 1. The molecule has 0 saturated carbocycles.